The molecule has 2 aliphatic rings. The average molecular weight is 526 g/mol. The van der Waals surface area contributed by atoms with E-state index >= 15 is 0 Å². The third-order valence-electron chi connectivity index (χ3n) is 6.94. The standard InChI is InChI=1S/C28H31N9.CH4O/c1-2-6-22(7-3-1)18-23-19-29-27(30-20-23)36-14-16-37(17-15-36)28-32-21-31-26(34-28)33-24-8-10-25(11-9-24)35-12-4-5-13-35;1-2/h1-3,6-11,19-21H,4-5,12-18H2,(H,31,32,33,34);2H,1H3. The lowest BCUT2D eigenvalue weighted by Crippen LogP contribution is -2.47. The Morgan fingerprint density at radius 3 is 1.97 bits per heavy atom. The van der Waals surface area contributed by atoms with Crippen LogP contribution in [0.5, 0.6) is 0 Å². The van der Waals surface area contributed by atoms with Gasteiger partial charge in [-0.2, -0.15) is 4.98 Å². The molecular weight excluding hydrogens is 490 g/mol. The Morgan fingerprint density at radius 2 is 1.31 bits per heavy atom. The predicted molar refractivity (Wildman–Crippen MR) is 155 cm³/mol. The molecule has 4 aromatic rings. The van der Waals surface area contributed by atoms with E-state index in [1.54, 1.807) is 6.33 Å². The van der Waals surface area contributed by atoms with E-state index in [-0.39, 0.29) is 0 Å². The summed E-state index contributed by atoms with van der Waals surface area (Å²) in [4.78, 5) is 29.5. The summed E-state index contributed by atoms with van der Waals surface area (Å²) in [6.45, 7) is 5.49. The average Bonchev–Trinajstić information content (AvgIpc) is 3.55. The zero-order valence-electron chi connectivity index (χ0n) is 22.3. The molecule has 0 amide bonds. The number of aliphatic hydroxyl groups excluding tert-OH is 1. The molecule has 4 heterocycles. The fourth-order valence-electron chi connectivity index (χ4n) is 4.90. The van der Waals surface area contributed by atoms with Crippen molar-refractivity contribution in [3.63, 3.8) is 0 Å². The molecule has 0 bridgehead atoms. The molecule has 202 valence electrons. The Balaban J connectivity index is 0.00000151. The van der Waals surface area contributed by atoms with Crippen LogP contribution in [0.1, 0.15) is 24.0 Å². The molecule has 0 unspecified atom stereocenters. The van der Waals surface area contributed by atoms with Crippen molar-refractivity contribution < 1.29 is 5.11 Å². The highest BCUT2D eigenvalue weighted by molar-refractivity contribution is 5.60. The summed E-state index contributed by atoms with van der Waals surface area (Å²) in [5, 5.41) is 10.3. The molecule has 2 fully saturated rings. The molecule has 6 rings (SSSR count). The van der Waals surface area contributed by atoms with Gasteiger partial charge >= 0.3 is 0 Å². The van der Waals surface area contributed by atoms with Gasteiger partial charge in [0.05, 0.1) is 0 Å². The molecule has 39 heavy (non-hydrogen) atoms. The topological polar surface area (TPSA) is 106 Å². The van der Waals surface area contributed by atoms with Crippen LogP contribution in [-0.2, 0) is 6.42 Å². The van der Waals surface area contributed by atoms with Crippen molar-refractivity contribution in [2.45, 2.75) is 19.3 Å². The Hall–Kier alpha value is -4.31. The van der Waals surface area contributed by atoms with Gasteiger partial charge in [0.15, 0.2) is 0 Å². The number of piperazine rings is 1. The monoisotopic (exact) mass is 525 g/mol. The SMILES string of the molecule is CO.c1ccc(Cc2cnc(N3CCN(c4ncnc(Nc5ccc(N6CCCC6)cc5)n4)CC3)nc2)cc1. The van der Waals surface area contributed by atoms with Crippen molar-refractivity contribution in [2.75, 3.05) is 66.4 Å². The third kappa shape index (κ3) is 6.77. The largest absolute Gasteiger partial charge is 0.400 e. The van der Waals surface area contributed by atoms with E-state index in [9.17, 15) is 0 Å². The lowest BCUT2D eigenvalue weighted by molar-refractivity contribution is 0.399. The van der Waals surface area contributed by atoms with Gasteiger partial charge in [-0.1, -0.05) is 30.3 Å². The molecule has 2 aliphatic heterocycles. The van der Waals surface area contributed by atoms with Crippen molar-refractivity contribution in [1.29, 1.82) is 0 Å². The molecule has 0 spiro atoms. The van der Waals surface area contributed by atoms with E-state index in [4.69, 9.17) is 5.11 Å². The van der Waals surface area contributed by atoms with E-state index in [1.165, 1.54) is 24.1 Å². The molecule has 0 saturated carbocycles. The van der Waals surface area contributed by atoms with E-state index < -0.39 is 0 Å². The summed E-state index contributed by atoms with van der Waals surface area (Å²) < 4.78 is 0. The van der Waals surface area contributed by atoms with Crippen LogP contribution < -0.4 is 20.0 Å². The lowest BCUT2D eigenvalue weighted by Gasteiger charge is -2.34. The van der Waals surface area contributed by atoms with Crippen LogP contribution >= 0.6 is 0 Å². The zero-order chi connectivity index (χ0) is 26.9. The van der Waals surface area contributed by atoms with E-state index in [1.807, 2.05) is 18.5 Å². The molecule has 2 saturated heterocycles. The lowest BCUT2D eigenvalue weighted by atomic mass is 10.1. The first kappa shape index (κ1) is 26.3. The van der Waals surface area contributed by atoms with Gasteiger partial charge in [0.1, 0.15) is 6.33 Å². The Labute approximate surface area is 229 Å². The number of anilines is 5. The van der Waals surface area contributed by atoms with Crippen molar-refractivity contribution in [2.24, 2.45) is 0 Å². The first-order valence-corrected chi connectivity index (χ1v) is 13.4. The van der Waals surface area contributed by atoms with Crippen molar-refractivity contribution in [3.8, 4) is 0 Å². The molecule has 10 nitrogen and oxygen atoms in total. The first-order chi connectivity index (χ1) is 19.3. The summed E-state index contributed by atoms with van der Waals surface area (Å²) in [5.74, 6) is 2.01. The predicted octanol–water partition coefficient (Wildman–Crippen LogP) is 3.53. The molecule has 0 aliphatic carbocycles. The van der Waals surface area contributed by atoms with Gasteiger partial charge < -0.3 is 25.1 Å². The van der Waals surface area contributed by atoms with Gasteiger partial charge in [0, 0.05) is 76.6 Å². The number of rotatable bonds is 7. The number of nitrogens with one attached hydrogen (secondary N) is 1. The summed E-state index contributed by atoms with van der Waals surface area (Å²) >= 11 is 0. The summed E-state index contributed by atoms with van der Waals surface area (Å²) in [6.07, 6.45) is 8.83. The fourth-order valence-corrected chi connectivity index (χ4v) is 4.90. The quantitative estimate of drug-likeness (QED) is 0.372. The molecule has 0 atom stereocenters. The Kier molecular flexibility index (Phi) is 8.75. The molecular formula is C29H35N9O. The van der Waals surface area contributed by atoms with Gasteiger partial charge in [-0.25, -0.2) is 19.9 Å². The van der Waals surface area contributed by atoms with Crippen LogP contribution in [0.15, 0.2) is 73.3 Å². The van der Waals surface area contributed by atoms with Crippen LogP contribution in [0.2, 0.25) is 0 Å². The normalized spacial score (nSPS) is 15.1. The third-order valence-corrected chi connectivity index (χ3v) is 6.94. The maximum atomic E-state index is 7.00. The van der Waals surface area contributed by atoms with Gasteiger partial charge in [-0.05, 0) is 48.2 Å². The van der Waals surface area contributed by atoms with Crippen LogP contribution in [0.4, 0.5) is 29.2 Å². The van der Waals surface area contributed by atoms with Gasteiger partial charge in [0.25, 0.3) is 0 Å². The second-order valence-corrected chi connectivity index (χ2v) is 9.50. The minimum Gasteiger partial charge on any atom is -0.400 e. The molecule has 2 aromatic heterocycles. The highest BCUT2D eigenvalue weighted by Crippen LogP contribution is 2.23. The number of benzene rings is 2. The Bertz CT molecular complexity index is 1290. The zero-order valence-corrected chi connectivity index (χ0v) is 22.3. The minimum absolute atomic E-state index is 0.554. The molecule has 2 aromatic carbocycles. The van der Waals surface area contributed by atoms with Crippen molar-refractivity contribution in [3.05, 3.63) is 84.4 Å². The fraction of sp³-hybridized carbons (Fsp3) is 0.345. The maximum absolute atomic E-state index is 7.00. The van der Waals surface area contributed by atoms with Gasteiger partial charge in [0.2, 0.25) is 17.8 Å². The summed E-state index contributed by atoms with van der Waals surface area (Å²) in [6, 6.07) is 18.9. The highest BCUT2D eigenvalue weighted by atomic mass is 16.2. The number of aromatic nitrogens is 5. The van der Waals surface area contributed by atoms with E-state index in [0.29, 0.717) is 11.9 Å². The number of hydrogen-bond donors (Lipinski definition) is 2. The van der Waals surface area contributed by atoms with Crippen molar-refractivity contribution in [1.82, 2.24) is 24.9 Å². The Morgan fingerprint density at radius 1 is 0.667 bits per heavy atom. The number of hydrogen-bond acceptors (Lipinski definition) is 10. The van der Waals surface area contributed by atoms with Gasteiger partial charge in [-0.3, -0.25) is 0 Å². The van der Waals surface area contributed by atoms with Crippen LogP contribution in [-0.4, -0.2) is 76.4 Å². The molecule has 0 radical (unpaired) electrons. The number of aliphatic hydroxyl groups is 1. The number of nitrogens with zero attached hydrogens (tertiary/aromatic N) is 8. The van der Waals surface area contributed by atoms with E-state index in [2.05, 4.69) is 93.5 Å². The van der Waals surface area contributed by atoms with Crippen molar-refractivity contribution >= 4 is 29.2 Å². The second-order valence-electron chi connectivity index (χ2n) is 9.50. The maximum Gasteiger partial charge on any atom is 0.231 e. The summed E-state index contributed by atoms with van der Waals surface area (Å²) in [5.41, 5.74) is 4.62. The minimum atomic E-state index is 0.554. The van der Waals surface area contributed by atoms with Crippen LogP contribution in [0.25, 0.3) is 0 Å². The second kappa shape index (κ2) is 13.0. The molecule has 2 N–H and O–H groups in total. The van der Waals surface area contributed by atoms with E-state index in [0.717, 1.165) is 70.0 Å². The first-order valence-electron chi connectivity index (χ1n) is 13.4. The highest BCUT2D eigenvalue weighted by Gasteiger charge is 2.21. The smallest absolute Gasteiger partial charge is 0.231 e. The van der Waals surface area contributed by atoms with Gasteiger partial charge in [-0.15, -0.1) is 0 Å². The summed E-state index contributed by atoms with van der Waals surface area (Å²) in [7, 11) is 1.00. The van der Waals surface area contributed by atoms with Crippen LogP contribution in [0.3, 0.4) is 0 Å². The van der Waals surface area contributed by atoms with Crippen LogP contribution in [0, 0.1) is 0 Å². The molecule has 10 heteroatoms.